The number of aromatic nitrogens is 2. The molecule has 2 heterocycles. The zero-order valence-electron chi connectivity index (χ0n) is 15.5. The molecule has 2 aromatic carbocycles. The number of rotatable bonds is 2. The van der Waals surface area contributed by atoms with Gasteiger partial charge in [-0.05, 0) is 41.2 Å². The van der Waals surface area contributed by atoms with Gasteiger partial charge in [-0.1, -0.05) is 48.5 Å². The van der Waals surface area contributed by atoms with Gasteiger partial charge in [0.15, 0.2) is 0 Å². The lowest BCUT2D eigenvalue weighted by molar-refractivity contribution is 0.211. The van der Waals surface area contributed by atoms with E-state index in [4.69, 9.17) is 0 Å². The Bertz CT molecular complexity index is 869. The van der Waals surface area contributed by atoms with Gasteiger partial charge in [0.2, 0.25) is 5.95 Å². The first-order chi connectivity index (χ1) is 13.4. The van der Waals surface area contributed by atoms with E-state index < -0.39 is 0 Å². The van der Waals surface area contributed by atoms with Gasteiger partial charge < -0.3 is 4.90 Å². The minimum Gasteiger partial charge on any atom is -0.338 e. The van der Waals surface area contributed by atoms with Crippen LogP contribution < -0.4 is 4.90 Å². The van der Waals surface area contributed by atoms with E-state index in [1.54, 1.807) is 0 Å². The van der Waals surface area contributed by atoms with Crippen LogP contribution in [0.3, 0.4) is 0 Å². The molecular weight excluding hydrogens is 332 g/mol. The highest BCUT2D eigenvalue weighted by Crippen LogP contribution is 2.37. The van der Waals surface area contributed by atoms with Gasteiger partial charge in [0, 0.05) is 38.6 Å². The summed E-state index contributed by atoms with van der Waals surface area (Å²) in [6.07, 6.45) is 5.90. The minimum absolute atomic E-state index is 0.346. The molecule has 0 amide bonds. The Morgan fingerprint density at radius 3 is 1.81 bits per heavy atom. The largest absolute Gasteiger partial charge is 0.338 e. The number of hydrogen-bond acceptors (Lipinski definition) is 4. The summed E-state index contributed by atoms with van der Waals surface area (Å²) in [5.74, 6) is 0.846. The SMILES string of the molecule is c1cnc(N2CCN(C3c4ccccc4CCc4ccccc43)CC2)nc1. The van der Waals surface area contributed by atoms with Crippen LogP contribution in [-0.4, -0.2) is 41.0 Å². The van der Waals surface area contributed by atoms with Gasteiger partial charge >= 0.3 is 0 Å². The molecule has 1 aliphatic heterocycles. The summed E-state index contributed by atoms with van der Waals surface area (Å²) in [5, 5.41) is 0. The molecule has 3 aromatic rings. The number of piperazine rings is 1. The molecule has 0 saturated carbocycles. The van der Waals surface area contributed by atoms with Crippen molar-refractivity contribution in [2.45, 2.75) is 18.9 Å². The summed E-state index contributed by atoms with van der Waals surface area (Å²) in [7, 11) is 0. The third-order valence-corrected chi connectivity index (χ3v) is 5.88. The molecule has 1 aliphatic carbocycles. The normalized spacial score (nSPS) is 17.9. The lowest BCUT2D eigenvalue weighted by Gasteiger charge is -2.40. The maximum absolute atomic E-state index is 4.42. The summed E-state index contributed by atoms with van der Waals surface area (Å²) >= 11 is 0. The van der Waals surface area contributed by atoms with E-state index in [-0.39, 0.29) is 0 Å². The van der Waals surface area contributed by atoms with Crippen LogP contribution in [0.15, 0.2) is 67.0 Å². The predicted molar refractivity (Wildman–Crippen MR) is 108 cm³/mol. The number of anilines is 1. The molecule has 4 heteroatoms. The van der Waals surface area contributed by atoms with Crippen molar-refractivity contribution in [2.24, 2.45) is 0 Å². The van der Waals surface area contributed by atoms with Crippen LogP contribution in [0.5, 0.6) is 0 Å². The lowest BCUT2D eigenvalue weighted by atomic mass is 9.93. The van der Waals surface area contributed by atoms with Gasteiger partial charge in [0.25, 0.3) is 0 Å². The quantitative estimate of drug-likeness (QED) is 0.704. The topological polar surface area (TPSA) is 32.3 Å². The highest BCUT2D eigenvalue weighted by Gasteiger charge is 2.31. The van der Waals surface area contributed by atoms with Crippen LogP contribution in [0.1, 0.15) is 28.3 Å². The average molecular weight is 356 g/mol. The third-order valence-electron chi connectivity index (χ3n) is 5.88. The van der Waals surface area contributed by atoms with Gasteiger partial charge in [0.1, 0.15) is 0 Å². The van der Waals surface area contributed by atoms with E-state index in [2.05, 4.69) is 68.3 Å². The predicted octanol–water partition coefficient (Wildman–Crippen LogP) is 3.49. The molecule has 0 radical (unpaired) electrons. The van der Waals surface area contributed by atoms with Crippen molar-refractivity contribution in [3.8, 4) is 0 Å². The average Bonchev–Trinajstić information content (AvgIpc) is 2.91. The van der Waals surface area contributed by atoms with Crippen molar-refractivity contribution in [3.63, 3.8) is 0 Å². The Balaban J connectivity index is 1.46. The number of benzene rings is 2. The Labute approximate surface area is 160 Å². The Morgan fingerprint density at radius 1 is 0.667 bits per heavy atom. The molecule has 4 nitrogen and oxygen atoms in total. The molecule has 0 bridgehead atoms. The summed E-state index contributed by atoms with van der Waals surface area (Å²) < 4.78 is 0. The maximum atomic E-state index is 4.42. The van der Waals surface area contributed by atoms with Crippen LogP contribution in [-0.2, 0) is 12.8 Å². The summed E-state index contributed by atoms with van der Waals surface area (Å²) in [5.41, 5.74) is 5.94. The van der Waals surface area contributed by atoms with Crippen molar-refractivity contribution in [3.05, 3.63) is 89.2 Å². The second-order valence-corrected chi connectivity index (χ2v) is 7.37. The van der Waals surface area contributed by atoms with Crippen LogP contribution in [0.25, 0.3) is 0 Å². The van der Waals surface area contributed by atoms with Crippen molar-refractivity contribution in [2.75, 3.05) is 31.1 Å². The second kappa shape index (κ2) is 7.12. The zero-order valence-corrected chi connectivity index (χ0v) is 15.5. The molecule has 0 N–H and O–H groups in total. The zero-order chi connectivity index (χ0) is 18.1. The molecule has 1 saturated heterocycles. The smallest absolute Gasteiger partial charge is 0.225 e. The van der Waals surface area contributed by atoms with Crippen molar-refractivity contribution < 1.29 is 0 Å². The van der Waals surface area contributed by atoms with Gasteiger partial charge in [0.05, 0.1) is 6.04 Å². The second-order valence-electron chi connectivity index (χ2n) is 7.37. The molecule has 1 fully saturated rings. The molecule has 0 spiro atoms. The molecule has 0 unspecified atom stereocenters. The number of fused-ring (bicyclic) bond motifs is 2. The van der Waals surface area contributed by atoms with E-state index >= 15 is 0 Å². The molecular formula is C23H24N4. The maximum Gasteiger partial charge on any atom is 0.225 e. The first kappa shape index (κ1) is 16.5. The molecule has 5 rings (SSSR count). The molecule has 136 valence electrons. The molecule has 0 atom stereocenters. The highest BCUT2D eigenvalue weighted by atomic mass is 15.3. The minimum atomic E-state index is 0.346. The van der Waals surface area contributed by atoms with Gasteiger partial charge in [-0.25, -0.2) is 9.97 Å². The van der Waals surface area contributed by atoms with Crippen LogP contribution in [0, 0.1) is 0 Å². The number of aryl methyl sites for hydroxylation is 2. The Hall–Kier alpha value is -2.72. The fourth-order valence-corrected chi connectivity index (χ4v) is 4.52. The summed E-state index contributed by atoms with van der Waals surface area (Å²) in [4.78, 5) is 13.8. The standard InChI is InChI=1S/C23H24N4/c1-3-8-20-18(6-1)10-11-19-7-2-4-9-21(19)22(20)26-14-16-27(17-15-26)23-24-12-5-13-25-23/h1-9,12-13,22H,10-11,14-17H2. The van der Waals surface area contributed by atoms with Gasteiger partial charge in [-0.15, -0.1) is 0 Å². The molecule has 1 aromatic heterocycles. The van der Waals surface area contributed by atoms with E-state index in [1.807, 2.05) is 18.5 Å². The van der Waals surface area contributed by atoms with Crippen molar-refractivity contribution in [1.82, 2.24) is 14.9 Å². The Morgan fingerprint density at radius 2 is 1.22 bits per heavy atom. The fourth-order valence-electron chi connectivity index (χ4n) is 4.52. The van der Waals surface area contributed by atoms with Crippen molar-refractivity contribution >= 4 is 5.95 Å². The first-order valence-corrected chi connectivity index (χ1v) is 9.82. The fraction of sp³-hybridized carbons (Fsp3) is 0.304. The Kier molecular flexibility index (Phi) is 4.34. The highest BCUT2D eigenvalue weighted by molar-refractivity contribution is 5.45. The van der Waals surface area contributed by atoms with E-state index in [0.29, 0.717) is 6.04 Å². The van der Waals surface area contributed by atoms with Crippen LogP contribution in [0.2, 0.25) is 0 Å². The summed E-state index contributed by atoms with van der Waals surface area (Å²) in [6, 6.07) is 20.2. The lowest BCUT2D eigenvalue weighted by Crippen LogP contribution is -2.48. The van der Waals surface area contributed by atoms with E-state index in [0.717, 1.165) is 45.0 Å². The van der Waals surface area contributed by atoms with Gasteiger partial charge in [-0.3, -0.25) is 4.90 Å². The first-order valence-electron chi connectivity index (χ1n) is 9.82. The number of hydrogen-bond donors (Lipinski definition) is 0. The van der Waals surface area contributed by atoms with Crippen molar-refractivity contribution in [1.29, 1.82) is 0 Å². The third kappa shape index (κ3) is 3.10. The van der Waals surface area contributed by atoms with E-state index in [1.165, 1.54) is 22.3 Å². The van der Waals surface area contributed by atoms with Crippen LogP contribution >= 0.6 is 0 Å². The molecule has 2 aliphatic rings. The van der Waals surface area contributed by atoms with Gasteiger partial charge in [-0.2, -0.15) is 0 Å². The molecule has 27 heavy (non-hydrogen) atoms. The van der Waals surface area contributed by atoms with E-state index in [9.17, 15) is 0 Å². The monoisotopic (exact) mass is 356 g/mol. The van der Waals surface area contributed by atoms with Crippen LogP contribution in [0.4, 0.5) is 5.95 Å². The summed E-state index contributed by atoms with van der Waals surface area (Å²) in [6.45, 7) is 3.97. The number of nitrogens with zero attached hydrogens (tertiary/aromatic N) is 4.